The third kappa shape index (κ3) is 2.39. The zero-order valence-electron chi connectivity index (χ0n) is 11.6. The summed E-state index contributed by atoms with van der Waals surface area (Å²) in [5.41, 5.74) is -0.0365. The summed E-state index contributed by atoms with van der Waals surface area (Å²) in [6.45, 7) is 0.0839. The van der Waals surface area contributed by atoms with Crippen LogP contribution in [0.25, 0.3) is 21.0 Å². The van der Waals surface area contributed by atoms with Crippen LogP contribution < -0.4 is 5.56 Å². The van der Waals surface area contributed by atoms with Gasteiger partial charge >= 0.3 is 0 Å². The van der Waals surface area contributed by atoms with E-state index in [1.165, 1.54) is 10.7 Å². The molecule has 2 aromatic heterocycles. The summed E-state index contributed by atoms with van der Waals surface area (Å²) in [5, 5.41) is 5.60. The van der Waals surface area contributed by atoms with Crippen molar-refractivity contribution in [3.8, 4) is 0 Å². The normalized spacial score (nSPS) is 11.4. The van der Waals surface area contributed by atoms with Crippen molar-refractivity contribution in [1.29, 1.82) is 0 Å². The first-order valence-corrected chi connectivity index (χ1v) is 7.55. The van der Waals surface area contributed by atoms with Crippen LogP contribution in [0.1, 0.15) is 5.01 Å². The van der Waals surface area contributed by atoms with Gasteiger partial charge in [-0.2, -0.15) is 5.10 Å². The molecule has 0 N–H and O–H groups in total. The first kappa shape index (κ1) is 14.0. The van der Waals surface area contributed by atoms with Crippen molar-refractivity contribution in [2.75, 3.05) is 0 Å². The minimum Gasteiger partial charge on any atom is -0.267 e. The van der Waals surface area contributed by atoms with E-state index >= 15 is 0 Å². The molecule has 0 spiro atoms. The average molecular weight is 328 g/mol. The maximum atomic E-state index is 13.7. The standard InChI is InChI=1S/C16H8F2N3OS/c17-10-5-12(18)15-13(6-10)20-14(23-15)8-21-16(22)11-4-2-1-3-9(11)7-19-21/h1-6H,8H2. The highest BCUT2D eigenvalue weighted by atomic mass is 32.1. The molecule has 0 aliphatic heterocycles. The van der Waals surface area contributed by atoms with Crippen molar-refractivity contribution in [1.82, 2.24) is 14.8 Å². The van der Waals surface area contributed by atoms with Crippen LogP contribution in [0.5, 0.6) is 0 Å². The number of nitrogens with zero attached hydrogens (tertiary/aromatic N) is 3. The van der Waals surface area contributed by atoms with E-state index in [9.17, 15) is 13.6 Å². The van der Waals surface area contributed by atoms with Gasteiger partial charge in [-0.3, -0.25) is 4.79 Å². The van der Waals surface area contributed by atoms with E-state index in [1.54, 1.807) is 24.3 Å². The highest BCUT2D eigenvalue weighted by molar-refractivity contribution is 7.18. The molecule has 0 aliphatic carbocycles. The highest BCUT2D eigenvalue weighted by Gasteiger charge is 2.12. The molecular weight excluding hydrogens is 320 g/mol. The van der Waals surface area contributed by atoms with Crippen LogP contribution in [0.15, 0.2) is 41.2 Å². The molecule has 23 heavy (non-hydrogen) atoms. The smallest absolute Gasteiger partial charge is 0.267 e. The second-order valence-corrected chi connectivity index (χ2v) is 6.05. The summed E-state index contributed by atoms with van der Waals surface area (Å²) in [6, 6.07) is 9.00. The molecule has 113 valence electrons. The number of rotatable bonds is 2. The third-order valence-electron chi connectivity index (χ3n) is 3.42. The second kappa shape index (κ2) is 5.20. The van der Waals surface area contributed by atoms with Gasteiger partial charge < -0.3 is 0 Å². The van der Waals surface area contributed by atoms with Crippen LogP contribution in [0, 0.1) is 17.8 Å². The molecule has 7 heteroatoms. The van der Waals surface area contributed by atoms with Crippen molar-refractivity contribution in [3.63, 3.8) is 0 Å². The van der Waals surface area contributed by atoms with E-state index in [-0.39, 0.29) is 22.3 Å². The van der Waals surface area contributed by atoms with Gasteiger partial charge in [0.15, 0.2) is 0 Å². The Morgan fingerprint density at radius 3 is 2.91 bits per heavy atom. The number of halogens is 2. The number of hydrogen-bond donors (Lipinski definition) is 0. The van der Waals surface area contributed by atoms with Crippen molar-refractivity contribution < 1.29 is 8.78 Å². The molecule has 4 aromatic rings. The number of thiazole rings is 1. The van der Waals surface area contributed by atoms with E-state index in [0.29, 0.717) is 15.8 Å². The Hall–Kier alpha value is -2.67. The van der Waals surface area contributed by atoms with Crippen LogP contribution in [0.2, 0.25) is 0 Å². The average Bonchev–Trinajstić information content (AvgIpc) is 2.93. The van der Waals surface area contributed by atoms with Crippen LogP contribution in [0.4, 0.5) is 8.78 Å². The van der Waals surface area contributed by atoms with Gasteiger partial charge in [-0.25, -0.2) is 18.4 Å². The fraction of sp³-hybridized carbons (Fsp3) is 0.0625. The largest absolute Gasteiger partial charge is 0.275 e. The molecule has 0 unspecified atom stereocenters. The highest BCUT2D eigenvalue weighted by Crippen LogP contribution is 2.26. The Bertz CT molecular complexity index is 1100. The maximum Gasteiger partial charge on any atom is 0.275 e. The minimum atomic E-state index is -0.679. The topological polar surface area (TPSA) is 47.8 Å². The van der Waals surface area contributed by atoms with Gasteiger partial charge in [0.25, 0.3) is 5.56 Å². The first-order chi connectivity index (χ1) is 11.1. The van der Waals surface area contributed by atoms with Crippen LogP contribution in [0.3, 0.4) is 0 Å². The second-order valence-electron chi connectivity index (χ2n) is 4.96. The fourth-order valence-corrected chi connectivity index (χ4v) is 3.31. The lowest BCUT2D eigenvalue weighted by Crippen LogP contribution is -2.23. The zero-order chi connectivity index (χ0) is 16.0. The summed E-state index contributed by atoms with van der Waals surface area (Å²) in [5.74, 6) is -1.34. The van der Waals surface area contributed by atoms with Crippen molar-refractivity contribution in [2.45, 2.75) is 6.54 Å². The molecule has 0 saturated heterocycles. The van der Waals surface area contributed by atoms with Crippen molar-refractivity contribution >= 4 is 32.3 Å². The van der Waals surface area contributed by atoms with Gasteiger partial charge in [0.05, 0.1) is 22.1 Å². The number of hydrogen-bond acceptors (Lipinski definition) is 4. The lowest BCUT2D eigenvalue weighted by Gasteiger charge is -2.02. The summed E-state index contributed by atoms with van der Waals surface area (Å²) in [6.07, 6.45) is 2.79. The van der Waals surface area contributed by atoms with E-state index in [4.69, 9.17) is 0 Å². The van der Waals surface area contributed by atoms with Gasteiger partial charge in [0.1, 0.15) is 22.8 Å². The first-order valence-electron chi connectivity index (χ1n) is 6.74. The van der Waals surface area contributed by atoms with Crippen LogP contribution in [-0.4, -0.2) is 14.8 Å². The molecule has 2 heterocycles. The summed E-state index contributed by atoms with van der Waals surface area (Å²) in [7, 11) is 0. The molecule has 0 bridgehead atoms. The molecule has 2 aromatic carbocycles. The van der Waals surface area contributed by atoms with Gasteiger partial charge in [-0.1, -0.05) is 18.2 Å². The van der Waals surface area contributed by atoms with Crippen molar-refractivity contribution in [3.05, 3.63) is 69.6 Å². The molecular formula is C16H8F2N3OS. The summed E-state index contributed by atoms with van der Waals surface area (Å²) < 4.78 is 28.4. The monoisotopic (exact) mass is 328 g/mol. The minimum absolute atomic E-state index is 0.0839. The Morgan fingerprint density at radius 1 is 1.22 bits per heavy atom. The Balaban J connectivity index is 1.80. The zero-order valence-corrected chi connectivity index (χ0v) is 12.4. The number of fused-ring (bicyclic) bond motifs is 2. The quantitative estimate of drug-likeness (QED) is 0.568. The van der Waals surface area contributed by atoms with Gasteiger partial charge in [-0.05, 0) is 6.07 Å². The Morgan fingerprint density at radius 2 is 2.04 bits per heavy atom. The molecule has 1 radical (unpaired) electrons. The molecule has 0 saturated carbocycles. The van der Waals surface area contributed by atoms with Gasteiger partial charge in [0.2, 0.25) is 0 Å². The molecule has 0 fully saturated rings. The molecule has 0 atom stereocenters. The van der Waals surface area contributed by atoms with E-state index in [2.05, 4.69) is 16.3 Å². The third-order valence-corrected chi connectivity index (χ3v) is 4.49. The Labute approximate surface area is 132 Å². The number of benzene rings is 2. The Kier molecular flexibility index (Phi) is 3.16. The molecule has 4 rings (SSSR count). The molecule has 4 nitrogen and oxygen atoms in total. The predicted molar refractivity (Wildman–Crippen MR) is 83.5 cm³/mol. The number of aromatic nitrogens is 3. The predicted octanol–water partition coefficient (Wildman–Crippen LogP) is 3.13. The SMILES string of the molecule is O=c1c2ccccc2[c]nn1Cc1nc2cc(F)cc(F)c2s1. The van der Waals surface area contributed by atoms with E-state index in [0.717, 1.165) is 17.4 Å². The lowest BCUT2D eigenvalue weighted by atomic mass is 10.2. The molecule has 0 aliphatic rings. The van der Waals surface area contributed by atoms with Crippen LogP contribution in [-0.2, 0) is 6.54 Å². The summed E-state index contributed by atoms with van der Waals surface area (Å²) >= 11 is 1.08. The maximum absolute atomic E-state index is 13.7. The molecule has 0 amide bonds. The lowest BCUT2D eigenvalue weighted by molar-refractivity contribution is 0.592. The summed E-state index contributed by atoms with van der Waals surface area (Å²) in [4.78, 5) is 16.6. The van der Waals surface area contributed by atoms with Gasteiger partial charge in [-0.15, -0.1) is 11.3 Å². The van der Waals surface area contributed by atoms with E-state index < -0.39 is 11.6 Å². The van der Waals surface area contributed by atoms with Crippen molar-refractivity contribution in [2.24, 2.45) is 0 Å². The van der Waals surface area contributed by atoms with E-state index in [1.807, 2.05) is 0 Å². The van der Waals surface area contributed by atoms with Gasteiger partial charge in [0, 0.05) is 17.5 Å². The fourth-order valence-electron chi connectivity index (χ4n) is 2.37. The van der Waals surface area contributed by atoms with Crippen LogP contribution >= 0.6 is 11.3 Å².